The second-order valence-corrected chi connectivity index (χ2v) is 9.62. The van der Waals surface area contributed by atoms with Gasteiger partial charge in [-0.05, 0) is 71.2 Å². The molecule has 0 spiro atoms. The molecule has 9 heteroatoms. The van der Waals surface area contributed by atoms with Crippen LogP contribution in [0, 0.1) is 6.92 Å². The Labute approximate surface area is 191 Å². The molecule has 4 N–H and O–H groups in total. The molecular weight excluding hydrogens is 407 g/mol. The van der Waals surface area contributed by atoms with E-state index in [1.165, 1.54) is 7.05 Å². The summed E-state index contributed by atoms with van der Waals surface area (Å²) < 4.78 is 18.6. The molecule has 32 heavy (non-hydrogen) atoms. The molecule has 0 aromatic heterocycles. The number of aryl methyl sites for hydroxylation is 1. The molecule has 0 saturated carbocycles. The SMILES string of the molecule is CC1=C(OCc2c(C)cccc2N(N)C(=O)N(C)N)C=CC(B2OC(C)(C)C(C)(C)O2)C1. The van der Waals surface area contributed by atoms with E-state index < -0.39 is 6.03 Å². The number of hydrogen-bond acceptors (Lipinski definition) is 6. The van der Waals surface area contributed by atoms with Crippen LogP contribution in [0.5, 0.6) is 0 Å². The Hall–Kier alpha value is -2.33. The predicted molar refractivity (Wildman–Crippen MR) is 126 cm³/mol. The van der Waals surface area contributed by atoms with E-state index in [-0.39, 0.29) is 30.7 Å². The van der Waals surface area contributed by atoms with Crippen molar-refractivity contribution < 1.29 is 18.8 Å². The fourth-order valence-corrected chi connectivity index (χ4v) is 3.82. The highest BCUT2D eigenvalue weighted by atomic mass is 16.7. The van der Waals surface area contributed by atoms with Crippen molar-refractivity contribution in [2.75, 3.05) is 12.1 Å². The van der Waals surface area contributed by atoms with Crippen molar-refractivity contribution >= 4 is 18.8 Å². The van der Waals surface area contributed by atoms with Crippen LogP contribution in [0.4, 0.5) is 10.5 Å². The first kappa shape index (κ1) is 24.3. The van der Waals surface area contributed by atoms with Gasteiger partial charge in [0.2, 0.25) is 0 Å². The van der Waals surface area contributed by atoms with Gasteiger partial charge >= 0.3 is 13.1 Å². The molecule has 1 aliphatic heterocycles. The molecule has 1 aromatic carbocycles. The molecule has 3 rings (SSSR count). The van der Waals surface area contributed by atoms with Crippen LogP contribution in [0.15, 0.2) is 41.7 Å². The number of allylic oxidation sites excluding steroid dienone is 3. The number of anilines is 1. The highest BCUT2D eigenvalue weighted by Gasteiger charge is 2.53. The molecule has 0 radical (unpaired) electrons. The molecule has 2 amide bonds. The van der Waals surface area contributed by atoms with E-state index in [4.69, 9.17) is 25.7 Å². The predicted octanol–water partition coefficient (Wildman–Crippen LogP) is 3.81. The third-order valence-electron chi connectivity index (χ3n) is 6.60. The maximum absolute atomic E-state index is 12.2. The average molecular weight is 442 g/mol. The van der Waals surface area contributed by atoms with E-state index in [0.29, 0.717) is 5.69 Å². The number of ether oxygens (including phenoxy) is 1. The minimum absolute atomic E-state index is 0.120. The zero-order valence-corrected chi connectivity index (χ0v) is 20.1. The molecule has 1 fully saturated rings. The Kier molecular flexibility index (Phi) is 6.76. The lowest BCUT2D eigenvalue weighted by Gasteiger charge is -2.32. The molecule has 0 bridgehead atoms. The van der Waals surface area contributed by atoms with Crippen molar-refractivity contribution in [3.05, 3.63) is 52.8 Å². The van der Waals surface area contributed by atoms with Gasteiger partial charge < -0.3 is 14.0 Å². The van der Waals surface area contributed by atoms with Crippen LogP contribution >= 0.6 is 0 Å². The third kappa shape index (κ3) is 4.71. The maximum atomic E-state index is 12.2. The molecule has 1 aromatic rings. The van der Waals surface area contributed by atoms with Crippen LogP contribution in [-0.4, -0.2) is 36.4 Å². The standard InChI is InChI=1S/C23H35BN4O4/c1-15-9-8-10-19(28(26)21(29)27(7)25)18(15)14-30-20-12-11-17(13-16(20)2)24-31-22(3,4)23(5,6)32-24/h8-12,17H,13-14,25-26H2,1-7H3. The van der Waals surface area contributed by atoms with Crippen molar-refractivity contribution in [1.29, 1.82) is 0 Å². The lowest BCUT2D eigenvalue weighted by Crippen LogP contribution is -2.49. The third-order valence-corrected chi connectivity index (χ3v) is 6.60. The monoisotopic (exact) mass is 442 g/mol. The molecule has 1 unspecified atom stereocenters. The van der Waals surface area contributed by atoms with Gasteiger partial charge in [-0.2, -0.15) is 0 Å². The summed E-state index contributed by atoms with van der Waals surface area (Å²) in [5, 5.41) is 1.98. The van der Waals surface area contributed by atoms with E-state index in [0.717, 1.165) is 38.9 Å². The number of benzene rings is 1. The first-order valence-electron chi connectivity index (χ1n) is 10.9. The van der Waals surface area contributed by atoms with Crippen molar-refractivity contribution in [3.8, 4) is 0 Å². The van der Waals surface area contributed by atoms with Crippen molar-refractivity contribution in [3.63, 3.8) is 0 Å². The first-order chi connectivity index (χ1) is 14.8. The van der Waals surface area contributed by atoms with E-state index >= 15 is 0 Å². The Morgan fingerprint density at radius 3 is 2.38 bits per heavy atom. The van der Waals surface area contributed by atoms with Crippen LogP contribution in [0.1, 0.15) is 52.2 Å². The average Bonchev–Trinajstić information content (AvgIpc) is 2.93. The number of hydrazine groups is 2. The first-order valence-corrected chi connectivity index (χ1v) is 10.9. The molecule has 1 heterocycles. The van der Waals surface area contributed by atoms with Gasteiger partial charge in [0.25, 0.3) is 0 Å². The van der Waals surface area contributed by atoms with Crippen LogP contribution < -0.4 is 16.7 Å². The van der Waals surface area contributed by atoms with Crippen LogP contribution in [0.25, 0.3) is 0 Å². The summed E-state index contributed by atoms with van der Waals surface area (Å²) in [5.41, 5.74) is 2.75. The van der Waals surface area contributed by atoms with Gasteiger partial charge in [0.15, 0.2) is 0 Å². The minimum Gasteiger partial charge on any atom is -0.489 e. The number of amides is 2. The maximum Gasteiger partial charge on any atom is 0.465 e. The zero-order chi connectivity index (χ0) is 23.8. The number of rotatable bonds is 5. The summed E-state index contributed by atoms with van der Waals surface area (Å²) in [6.07, 6.45) is 4.85. The number of urea groups is 1. The van der Waals surface area contributed by atoms with Gasteiger partial charge in [0.1, 0.15) is 12.4 Å². The normalized spacial score (nSPS) is 21.7. The molecular formula is C23H35BN4O4. The summed E-state index contributed by atoms with van der Waals surface area (Å²) >= 11 is 0. The fourth-order valence-electron chi connectivity index (χ4n) is 3.82. The van der Waals surface area contributed by atoms with Gasteiger partial charge in [-0.15, -0.1) is 0 Å². The van der Waals surface area contributed by atoms with Crippen LogP contribution in [0.2, 0.25) is 5.82 Å². The van der Waals surface area contributed by atoms with Gasteiger partial charge in [-0.3, -0.25) is 5.01 Å². The fraction of sp³-hybridized carbons (Fsp3) is 0.522. The summed E-state index contributed by atoms with van der Waals surface area (Å²) in [5.74, 6) is 12.5. The quantitative estimate of drug-likeness (QED) is 0.311. The van der Waals surface area contributed by atoms with Crippen molar-refractivity contribution in [2.24, 2.45) is 11.7 Å². The van der Waals surface area contributed by atoms with Gasteiger partial charge in [-0.1, -0.05) is 18.2 Å². The molecule has 8 nitrogen and oxygen atoms in total. The topological polar surface area (TPSA) is 103 Å². The van der Waals surface area contributed by atoms with Gasteiger partial charge in [0, 0.05) is 18.4 Å². The van der Waals surface area contributed by atoms with E-state index in [1.807, 2.05) is 25.1 Å². The number of hydrogen-bond donors (Lipinski definition) is 2. The minimum atomic E-state index is -0.518. The Morgan fingerprint density at radius 1 is 1.19 bits per heavy atom. The molecule has 174 valence electrons. The summed E-state index contributed by atoms with van der Waals surface area (Å²) in [4.78, 5) is 12.2. The Bertz CT molecular complexity index is 926. The molecule has 1 atom stereocenters. The number of nitrogens with zero attached hydrogens (tertiary/aromatic N) is 2. The molecule has 1 saturated heterocycles. The van der Waals surface area contributed by atoms with Crippen LogP contribution in [-0.2, 0) is 20.7 Å². The molecule has 1 aliphatic carbocycles. The summed E-state index contributed by atoms with van der Waals surface area (Å²) in [7, 11) is 1.16. The van der Waals surface area contributed by atoms with Crippen molar-refractivity contribution in [1.82, 2.24) is 5.01 Å². The van der Waals surface area contributed by atoms with E-state index in [9.17, 15) is 4.79 Å². The van der Waals surface area contributed by atoms with Crippen molar-refractivity contribution in [2.45, 2.75) is 71.6 Å². The second kappa shape index (κ2) is 8.90. The summed E-state index contributed by atoms with van der Waals surface area (Å²) in [6.45, 7) is 12.5. The lowest BCUT2D eigenvalue weighted by molar-refractivity contribution is 0.00578. The zero-order valence-electron chi connectivity index (χ0n) is 20.1. The highest BCUT2D eigenvalue weighted by molar-refractivity contribution is 6.48. The number of carbonyl (C=O) groups is 1. The smallest absolute Gasteiger partial charge is 0.465 e. The second-order valence-electron chi connectivity index (χ2n) is 9.62. The van der Waals surface area contributed by atoms with Gasteiger partial charge in [0.05, 0.1) is 16.9 Å². The largest absolute Gasteiger partial charge is 0.489 e. The Morgan fingerprint density at radius 2 is 1.81 bits per heavy atom. The number of carbonyl (C=O) groups excluding carboxylic acids is 1. The lowest BCUT2D eigenvalue weighted by atomic mass is 9.67. The number of nitrogens with two attached hydrogens (primary N) is 2. The van der Waals surface area contributed by atoms with Crippen LogP contribution in [0.3, 0.4) is 0 Å². The van der Waals surface area contributed by atoms with E-state index in [1.54, 1.807) is 6.07 Å². The highest BCUT2D eigenvalue weighted by Crippen LogP contribution is 2.43. The summed E-state index contributed by atoms with van der Waals surface area (Å²) in [6, 6.07) is 5.06. The Balaban J connectivity index is 1.71. The van der Waals surface area contributed by atoms with E-state index in [2.05, 4.69) is 40.7 Å². The molecule has 2 aliphatic rings. The van der Waals surface area contributed by atoms with Gasteiger partial charge in [-0.25, -0.2) is 21.5 Å².